The summed E-state index contributed by atoms with van der Waals surface area (Å²) in [6, 6.07) is 26.0. The molecule has 0 aliphatic rings. The zero-order valence-electron chi connectivity index (χ0n) is 16.2. The van der Waals surface area contributed by atoms with Crippen LogP contribution in [-0.2, 0) is 4.79 Å². The maximum absolute atomic E-state index is 12.5. The van der Waals surface area contributed by atoms with E-state index < -0.39 is 0 Å². The lowest BCUT2D eigenvalue weighted by Crippen LogP contribution is -2.15. The van der Waals surface area contributed by atoms with Crippen molar-refractivity contribution >= 4 is 35.0 Å². The molecular weight excluding hydrogens is 430 g/mol. The van der Waals surface area contributed by atoms with Gasteiger partial charge in [-0.25, -0.2) is 0 Å². The number of anilines is 1. The van der Waals surface area contributed by atoms with Crippen molar-refractivity contribution in [3.63, 3.8) is 0 Å². The third-order valence-corrected chi connectivity index (χ3v) is 5.59. The number of rotatable bonds is 6. The molecule has 1 amide bonds. The van der Waals surface area contributed by atoms with Gasteiger partial charge in [0.25, 0.3) is 0 Å². The first kappa shape index (κ1) is 20.7. The van der Waals surface area contributed by atoms with E-state index >= 15 is 0 Å². The highest BCUT2D eigenvalue weighted by molar-refractivity contribution is 7.99. The van der Waals surface area contributed by atoms with Gasteiger partial charge in [-0.05, 0) is 48.5 Å². The number of halogens is 1. The molecule has 6 nitrogen and oxygen atoms in total. The van der Waals surface area contributed by atoms with Gasteiger partial charge in [0.1, 0.15) is 6.07 Å². The van der Waals surface area contributed by atoms with Gasteiger partial charge >= 0.3 is 0 Å². The Morgan fingerprint density at radius 1 is 1.00 bits per heavy atom. The van der Waals surface area contributed by atoms with E-state index in [9.17, 15) is 10.1 Å². The predicted molar refractivity (Wildman–Crippen MR) is 122 cm³/mol. The highest BCUT2D eigenvalue weighted by atomic mass is 35.5. The summed E-state index contributed by atoms with van der Waals surface area (Å²) in [5.74, 6) is 0.537. The predicted octanol–water partition coefficient (Wildman–Crippen LogP) is 5.19. The molecule has 0 aliphatic carbocycles. The van der Waals surface area contributed by atoms with Gasteiger partial charge in [0.15, 0.2) is 11.0 Å². The van der Waals surface area contributed by atoms with Crippen LogP contribution >= 0.6 is 23.4 Å². The summed E-state index contributed by atoms with van der Waals surface area (Å²) in [7, 11) is 0. The highest BCUT2D eigenvalue weighted by Crippen LogP contribution is 2.28. The fourth-order valence-corrected chi connectivity index (χ4v) is 3.84. The molecule has 0 aliphatic heterocycles. The van der Waals surface area contributed by atoms with Gasteiger partial charge in [0.2, 0.25) is 5.91 Å². The number of carbonyl (C=O) groups is 1. The molecule has 152 valence electrons. The molecule has 3 aromatic carbocycles. The molecule has 0 unspecified atom stereocenters. The number of hydrogen-bond donors (Lipinski definition) is 1. The minimum Gasteiger partial charge on any atom is -0.324 e. The van der Waals surface area contributed by atoms with Crippen molar-refractivity contribution in [2.24, 2.45) is 0 Å². The number of carbonyl (C=O) groups excluding carboxylic acids is 1. The topological polar surface area (TPSA) is 83.6 Å². The van der Waals surface area contributed by atoms with Crippen LogP contribution in [0.2, 0.25) is 5.02 Å². The molecule has 0 saturated carbocycles. The average molecular weight is 446 g/mol. The third kappa shape index (κ3) is 4.77. The second kappa shape index (κ2) is 9.47. The Balaban J connectivity index is 1.59. The molecule has 4 rings (SSSR count). The van der Waals surface area contributed by atoms with E-state index in [1.165, 1.54) is 11.8 Å². The lowest BCUT2D eigenvalue weighted by atomic mass is 10.2. The van der Waals surface area contributed by atoms with E-state index in [4.69, 9.17) is 11.6 Å². The highest BCUT2D eigenvalue weighted by Gasteiger charge is 2.17. The van der Waals surface area contributed by atoms with Gasteiger partial charge in [-0.2, -0.15) is 5.26 Å². The summed E-state index contributed by atoms with van der Waals surface area (Å²) in [6.07, 6.45) is 0. The molecule has 8 heteroatoms. The number of aromatic nitrogens is 3. The van der Waals surface area contributed by atoms with Crippen molar-refractivity contribution in [2.75, 3.05) is 11.1 Å². The molecule has 1 heterocycles. The minimum absolute atomic E-state index is 0.116. The Kier molecular flexibility index (Phi) is 6.32. The van der Waals surface area contributed by atoms with Crippen molar-refractivity contribution in [3.05, 3.63) is 89.4 Å². The molecular formula is C23H16ClN5OS. The molecule has 4 aromatic rings. The number of thioether (sulfide) groups is 1. The van der Waals surface area contributed by atoms with Crippen LogP contribution in [0, 0.1) is 11.3 Å². The Hall–Kier alpha value is -3.60. The number of hydrogen-bond acceptors (Lipinski definition) is 5. The Morgan fingerprint density at radius 3 is 2.45 bits per heavy atom. The number of nitrogens with one attached hydrogen (secondary N) is 1. The summed E-state index contributed by atoms with van der Waals surface area (Å²) >= 11 is 7.29. The summed E-state index contributed by atoms with van der Waals surface area (Å²) in [4.78, 5) is 12.5. The van der Waals surface area contributed by atoms with Crippen LogP contribution in [0.25, 0.3) is 17.1 Å². The van der Waals surface area contributed by atoms with E-state index in [0.717, 1.165) is 11.3 Å². The molecule has 0 bridgehead atoms. The zero-order valence-corrected chi connectivity index (χ0v) is 17.8. The summed E-state index contributed by atoms with van der Waals surface area (Å²) in [5.41, 5.74) is 2.65. The van der Waals surface area contributed by atoms with Crippen LogP contribution in [-0.4, -0.2) is 26.4 Å². The largest absolute Gasteiger partial charge is 0.324 e. The van der Waals surface area contributed by atoms with E-state index in [0.29, 0.717) is 27.3 Å². The summed E-state index contributed by atoms with van der Waals surface area (Å²) in [6.45, 7) is 0. The number of amides is 1. The van der Waals surface area contributed by atoms with Gasteiger partial charge in [-0.1, -0.05) is 53.7 Å². The van der Waals surface area contributed by atoms with Crippen LogP contribution < -0.4 is 5.32 Å². The minimum atomic E-state index is -0.233. The zero-order chi connectivity index (χ0) is 21.6. The van der Waals surface area contributed by atoms with Crippen LogP contribution in [0.1, 0.15) is 5.56 Å². The number of para-hydroxylation sites is 2. The van der Waals surface area contributed by atoms with E-state index in [1.807, 2.05) is 47.0 Å². The number of nitriles is 1. The van der Waals surface area contributed by atoms with E-state index in [1.54, 1.807) is 36.4 Å². The smallest absolute Gasteiger partial charge is 0.234 e. The Morgan fingerprint density at radius 2 is 1.71 bits per heavy atom. The van der Waals surface area contributed by atoms with Crippen LogP contribution in [0.5, 0.6) is 0 Å². The Bertz CT molecular complexity index is 1250. The molecule has 0 saturated heterocycles. The average Bonchev–Trinajstić information content (AvgIpc) is 3.23. The van der Waals surface area contributed by atoms with Crippen LogP contribution in [0.3, 0.4) is 0 Å². The van der Waals surface area contributed by atoms with Crippen molar-refractivity contribution < 1.29 is 4.79 Å². The lowest BCUT2D eigenvalue weighted by molar-refractivity contribution is -0.113. The summed E-state index contributed by atoms with van der Waals surface area (Å²) in [5, 5.41) is 21.9. The van der Waals surface area contributed by atoms with Crippen molar-refractivity contribution in [1.82, 2.24) is 14.8 Å². The van der Waals surface area contributed by atoms with Crippen LogP contribution in [0.4, 0.5) is 5.69 Å². The lowest BCUT2D eigenvalue weighted by Gasteiger charge is -2.11. The SMILES string of the molecule is N#Cc1ccccc1NC(=O)CSc1nnc(-c2ccc(Cl)cc2)n1-c1ccccc1. The summed E-state index contributed by atoms with van der Waals surface area (Å²) < 4.78 is 1.91. The Labute approximate surface area is 188 Å². The second-order valence-corrected chi connectivity index (χ2v) is 7.86. The maximum Gasteiger partial charge on any atom is 0.234 e. The van der Waals surface area contributed by atoms with Gasteiger partial charge in [0, 0.05) is 16.3 Å². The van der Waals surface area contributed by atoms with Gasteiger partial charge < -0.3 is 5.32 Å². The van der Waals surface area contributed by atoms with Gasteiger partial charge in [-0.15, -0.1) is 10.2 Å². The molecule has 1 N–H and O–H groups in total. The molecule has 0 spiro atoms. The first-order valence-electron chi connectivity index (χ1n) is 9.34. The standard InChI is InChI=1S/C23H16ClN5OS/c24-18-12-10-16(11-13-18)22-27-28-23(29(22)19-7-2-1-3-8-19)31-15-21(30)26-20-9-5-4-6-17(20)14-25/h1-13H,15H2,(H,26,30). The fraction of sp³-hybridized carbons (Fsp3) is 0.0435. The first-order chi connectivity index (χ1) is 15.2. The molecule has 1 aromatic heterocycles. The second-order valence-electron chi connectivity index (χ2n) is 6.48. The number of nitrogens with zero attached hydrogens (tertiary/aromatic N) is 4. The van der Waals surface area contributed by atoms with Crippen LogP contribution in [0.15, 0.2) is 84.0 Å². The van der Waals surface area contributed by atoms with E-state index in [2.05, 4.69) is 21.6 Å². The molecule has 0 radical (unpaired) electrons. The third-order valence-electron chi connectivity index (χ3n) is 4.40. The quantitative estimate of drug-likeness (QED) is 0.413. The van der Waals surface area contributed by atoms with Crippen molar-refractivity contribution in [1.29, 1.82) is 5.26 Å². The molecule has 31 heavy (non-hydrogen) atoms. The van der Waals surface area contributed by atoms with E-state index in [-0.39, 0.29) is 11.7 Å². The van der Waals surface area contributed by atoms with Gasteiger partial charge in [0.05, 0.1) is 17.0 Å². The van der Waals surface area contributed by atoms with Crippen molar-refractivity contribution in [3.8, 4) is 23.1 Å². The van der Waals surface area contributed by atoms with Gasteiger partial charge in [-0.3, -0.25) is 9.36 Å². The maximum atomic E-state index is 12.5. The number of benzene rings is 3. The molecule has 0 fully saturated rings. The monoisotopic (exact) mass is 445 g/mol. The van der Waals surface area contributed by atoms with Crippen molar-refractivity contribution in [2.45, 2.75) is 5.16 Å². The normalized spacial score (nSPS) is 10.5. The molecule has 0 atom stereocenters. The fourth-order valence-electron chi connectivity index (χ4n) is 2.97. The first-order valence-corrected chi connectivity index (χ1v) is 10.7.